The molecule has 2 N–H and O–H groups in total. The molecule has 0 amide bonds. The van der Waals surface area contributed by atoms with Crippen molar-refractivity contribution in [1.82, 2.24) is 15.5 Å². The Morgan fingerprint density at radius 3 is 2.78 bits per heavy atom. The van der Waals surface area contributed by atoms with Crippen LogP contribution in [0.3, 0.4) is 0 Å². The summed E-state index contributed by atoms with van der Waals surface area (Å²) in [5, 5.41) is 6.93. The summed E-state index contributed by atoms with van der Waals surface area (Å²) in [4.78, 5) is 6.93. The molecule has 2 rings (SSSR count). The van der Waals surface area contributed by atoms with Crippen LogP contribution in [-0.4, -0.2) is 43.6 Å². The number of likely N-dealkylation sites (tertiary alicyclic amines) is 1. The van der Waals surface area contributed by atoms with E-state index in [-0.39, 0.29) is 0 Å². The maximum absolute atomic E-state index is 4.35. The number of rotatable bonds is 5. The van der Waals surface area contributed by atoms with Gasteiger partial charge in [-0.3, -0.25) is 4.99 Å². The zero-order chi connectivity index (χ0) is 16.7. The van der Waals surface area contributed by atoms with E-state index in [2.05, 4.69) is 65.6 Å². The van der Waals surface area contributed by atoms with Gasteiger partial charge in [-0.25, -0.2) is 0 Å². The predicted octanol–water partition coefficient (Wildman–Crippen LogP) is 2.78. The standard InChI is InChI=1S/C19H32N4/c1-15(2)23-11-7-9-17(14-23)12-21-19(20-4)22-13-18-10-6-5-8-16(18)3/h5-6,8,10,15,17H,7,9,11-14H2,1-4H3,(H2,20,21,22). The van der Waals surface area contributed by atoms with Gasteiger partial charge < -0.3 is 15.5 Å². The van der Waals surface area contributed by atoms with E-state index in [9.17, 15) is 0 Å². The zero-order valence-corrected chi connectivity index (χ0v) is 15.1. The van der Waals surface area contributed by atoms with Gasteiger partial charge in [0.15, 0.2) is 5.96 Å². The summed E-state index contributed by atoms with van der Waals surface area (Å²) in [5.41, 5.74) is 2.63. The summed E-state index contributed by atoms with van der Waals surface area (Å²) in [6, 6.07) is 9.13. The van der Waals surface area contributed by atoms with Crippen molar-refractivity contribution in [3.8, 4) is 0 Å². The van der Waals surface area contributed by atoms with E-state index in [0.717, 1.165) is 19.0 Å². The SMILES string of the molecule is CN=C(NCc1ccccc1C)NCC1CCCN(C(C)C)C1. The molecule has 0 saturated carbocycles. The average molecular weight is 316 g/mol. The fourth-order valence-corrected chi connectivity index (χ4v) is 3.18. The second-order valence-corrected chi connectivity index (χ2v) is 6.83. The number of piperidine rings is 1. The number of aliphatic imine (C=N–C) groups is 1. The highest BCUT2D eigenvalue weighted by Crippen LogP contribution is 2.17. The number of nitrogens with zero attached hydrogens (tertiary/aromatic N) is 2. The topological polar surface area (TPSA) is 39.7 Å². The minimum Gasteiger partial charge on any atom is -0.356 e. The van der Waals surface area contributed by atoms with Crippen LogP contribution in [0.5, 0.6) is 0 Å². The molecular formula is C19H32N4. The lowest BCUT2D eigenvalue weighted by molar-refractivity contribution is 0.141. The molecule has 1 aliphatic heterocycles. The Bertz CT molecular complexity index is 510. The Labute approximate surface area is 141 Å². The van der Waals surface area contributed by atoms with Gasteiger partial charge in [-0.05, 0) is 57.2 Å². The van der Waals surface area contributed by atoms with E-state index >= 15 is 0 Å². The number of aryl methyl sites for hydroxylation is 1. The van der Waals surface area contributed by atoms with Crippen LogP contribution in [-0.2, 0) is 6.54 Å². The lowest BCUT2D eigenvalue weighted by atomic mass is 9.97. The molecule has 0 aromatic heterocycles. The molecule has 1 unspecified atom stereocenters. The Balaban J connectivity index is 1.78. The van der Waals surface area contributed by atoms with Crippen LogP contribution in [0.2, 0.25) is 0 Å². The summed E-state index contributed by atoms with van der Waals surface area (Å²) in [7, 11) is 1.84. The van der Waals surface area contributed by atoms with Crippen LogP contribution >= 0.6 is 0 Å². The molecular weight excluding hydrogens is 284 g/mol. The van der Waals surface area contributed by atoms with Gasteiger partial charge in [0, 0.05) is 32.7 Å². The second kappa shape index (κ2) is 8.92. The van der Waals surface area contributed by atoms with E-state index in [1.165, 1.54) is 37.1 Å². The van der Waals surface area contributed by atoms with E-state index in [4.69, 9.17) is 0 Å². The van der Waals surface area contributed by atoms with Gasteiger partial charge in [0.25, 0.3) is 0 Å². The van der Waals surface area contributed by atoms with Gasteiger partial charge in [0.1, 0.15) is 0 Å². The molecule has 1 aromatic carbocycles. The largest absolute Gasteiger partial charge is 0.356 e. The zero-order valence-electron chi connectivity index (χ0n) is 15.1. The Morgan fingerprint density at radius 2 is 2.09 bits per heavy atom. The van der Waals surface area contributed by atoms with Crippen molar-refractivity contribution in [3.63, 3.8) is 0 Å². The highest BCUT2D eigenvalue weighted by Gasteiger charge is 2.21. The van der Waals surface area contributed by atoms with Crippen molar-refractivity contribution in [2.24, 2.45) is 10.9 Å². The van der Waals surface area contributed by atoms with Gasteiger partial charge in [-0.15, -0.1) is 0 Å². The van der Waals surface area contributed by atoms with Crippen molar-refractivity contribution in [3.05, 3.63) is 35.4 Å². The minimum absolute atomic E-state index is 0.649. The lowest BCUT2D eigenvalue weighted by Gasteiger charge is -2.35. The Morgan fingerprint density at radius 1 is 1.30 bits per heavy atom. The molecule has 128 valence electrons. The first-order chi connectivity index (χ1) is 11.1. The molecule has 1 aromatic rings. The van der Waals surface area contributed by atoms with Crippen molar-refractivity contribution < 1.29 is 0 Å². The summed E-state index contributed by atoms with van der Waals surface area (Å²) < 4.78 is 0. The quantitative estimate of drug-likeness (QED) is 0.648. The molecule has 1 atom stereocenters. The smallest absolute Gasteiger partial charge is 0.191 e. The first-order valence-electron chi connectivity index (χ1n) is 8.83. The Kier molecular flexibility index (Phi) is 6.90. The first kappa shape index (κ1) is 17.8. The predicted molar refractivity (Wildman–Crippen MR) is 98.8 cm³/mol. The summed E-state index contributed by atoms with van der Waals surface area (Å²) in [6.07, 6.45) is 2.62. The number of hydrogen-bond acceptors (Lipinski definition) is 2. The maximum atomic E-state index is 4.35. The average Bonchev–Trinajstić information content (AvgIpc) is 2.56. The third-order valence-corrected chi connectivity index (χ3v) is 4.77. The summed E-state index contributed by atoms with van der Waals surface area (Å²) >= 11 is 0. The van der Waals surface area contributed by atoms with Gasteiger partial charge in [0.05, 0.1) is 0 Å². The molecule has 23 heavy (non-hydrogen) atoms. The second-order valence-electron chi connectivity index (χ2n) is 6.83. The van der Waals surface area contributed by atoms with Crippen LogP contribution < -0.4 is 10.6 Å². The van der Waals surface area contributed by atoms with Crippen molar-refractivity contribution in [1.29, 1.82) is 0 Å². The van der Waals surface area contributed by atoms with E-state index in [0.29, 0.717) is 12.0 Å². The monoisotopic (exact) mass is 316 g/mol. The Hall–Kier alpha value is -1.55. The molecule has 1 heterocycles. The molecule has 0 bridgehead atoms. The van der Waals surface area contributed by atoms with Gasteiger partial charge >= 0.3 is 0 Å². The van der Waals surface area contributed by atoms with Gasteiger partial charge in [0.2, 0.25) is 0 Å². The normalized spacial score (nSPS) is 19.9. The van der Waals surface area contributed by atoms with E-state index in [1.54, 1.807) is 0 Å². The summed E-state index contributed by atoms with van der Waals surface area (Å²) in [6.45, 7) is 11.0. The third-order valence-electron chi connectivity index (χ3n) is 4.77. The molecule has 1 aliphatic rings. The van der Waals surface area contributed by atoms with Crippen LogP contribution in [0.15, 0.2) is 29.3 Å². The molecule has 4 heteroatoms. The third kappa shape index (κ3) is 5.54. The molecule has 1 fully saturated rings. The van der Waals surface area contributed by atoms with Crippen molar-refractivity contribution in [2.75, 3.05) is 26.7 Å². The molecule has 4 nitrogen and oxygen atoms in total. The highest BCUT2D eigenvalue weighted by atomic mass is 15.2. The van der Waals surface area contributed by atoms with Crippen molar-refractivity contribution >= 4 is 5.96 Å². The van der Waals surface area contributed by atoms with E-state index < -0.39 is 0 Å². The lowest BCUT2D eigenvalue weighted by Crippen LogP contribution is -2.46. The number of hydrogen-bond donors (Lipinski definition) is 2. The van der Waals surface area contributed by atoms with E-state index in [1.807, 2.05) is 7.05 Å². The van der Waals surface area contributed by atoms with Crippen LogP contribution in [0, 0.1) is 12.8 Å². The van der Waals surface area contributed by atoms with Crippen LogP contribution in [0.1, 0.15) is 37.8 Å². The molecule has 0 aliphatic carbocycles. The van der Waals surface area contributed by atoms with Gasteiger partial charge in [-0.1, -0.05) is 24.3 Å². The molecule has 0 spiro atoms. The minimum atomic E-state index is 0.649. The molecule has 1 saturated heterocycles. The summed E-state index contributed by atoms with van der Waals surface area (Å²) in [5.74, 6) is 1.61. The number of guanidine groups is 1. The van der Waals surface area contributed by atoms with Gasteiger partial charge in [-0.2, -0.15) is 0 Å². The maximum Gasteiger partial charge on any atom is 0.191 e. The van der Waals surface area contributed by atoms with Crippen molar-refractivity contribution in [2.45, 2.75) is 46.2 Å². The van der Waals surface area contributed by atoms with Crippen LogP contribution in [0.4, 0.5) is 0 Å². The molecule has 0 radical (unpaired) electrons. The highest BCUT2D eigenvalue weighted by molar-refractivity contribution is 5.79. The number of benzene rings is 1. The fourth-order valence-electron chi connectivity index (χ4n) is 3.18. The number of nitrogens with one attached hydrogen (secondary N) is 2. The first-order valence-corrected chi connectivity index (χ1v) is 8.83. The van der Waals surface area contributed by atoms with Crippen LogP contribution in [0.25, 0.3) is 0 Å². The fraction of sp³-hybridized carbons (Fsp3) is 0.632.